The summed E-state index contributed by atoms with van der Waals surface area (Å²) in [4.78, 5) is 24.0. The SMILES string of the molecule is COC1=C(OC)C(Cl)=C(CC2C(=O)OC(C)(C)OC2=O)CC1. The first-order valence-corrected chi connectivity index (χ1v) is 7.31. The molecule has 0 aromatic rings. The second-order valence-corrected chi connectivity index (χ2v) is 5.95. The Morgan fingerprint density at radius 3 is 2.23 bits per heavy atom. The van der Waals surface area contributed by atoms with Crippen LogP contribution in [-0.2, 0) is 28.5 Å². The van der Waals surface area contributed by atoms with E-state index in [2.05, 4.69) is 0 Å². The Balaban J connectivity index is 2.22. The number of carbonyl (C=O) groups is 2. The van der Waals surface area contributed by atoms with Crippen molar-refractivity contribution >= 4 is 23.5 Å². The van der Waals surface area contributed by atoms with E-state index in [9.17, 15) is 9.59 Å². The summed E-state index contributed by atoms with van der Waals surface area (Å²) < 4.78 is 20.7. The maximum atomic E-state index is 12.0. The van der Waals surface area contributed by atoms with Crippen LogP contribution in [0.3, 0.4) is 0 Å². The average Bonchev–Trinajstić information content (AvgIpc) is 2.42. The number of hydrogen-bond acceptors (Lipinski definition) is 6. The molecule has 0 bridgehead atoms. The topological polar surface area (TPSA) is 71.1 Å². The molecule has 0 unspecified atom stereocenters. The van der Waals surface area contributed by atoms with Crippen molar-refractivity contribution in [1.29, 1.82) is 0 Å². The third-order valence-corrected chi connectivity index (χ3v) is 4.02. The van der Waals surface area contributed by atoms with Gasteiger partial charge < -0.3 is 18.9 Å². The molecule has 0 saturated carbocycles. The Morgan fingerprint density at radius 2 is 1.73 bits per heavy atom. The zero-order valence-corrected chi connectivity index (χ0v) is 13.8. The molecule has 0 aromatic carbocycles. The normalized spacial score (nSPS) is 22.4. The Kier molecular flexibility index (Phi) is 4.70. The van der Waals surface area contributed by atoms with E-state index in [4.69, 9.17) is 30.5 Å². The summed E-state index contributed by atoms with van der Waals surface area (Å²) in [5.41, 5.74) is 0.748. The predicted molar refractivity (Wildman–Crippen MR) is 77.5 cm³/mol. The van der Waals surface area contributed by atoms with Crippen molar-refractivity contribution in [2.45, 2.75) is 38.9 Å². The molecule has 1 aliphatic carbocycles. The van der Waals surface area contributed by atoms with Gasteiger partial charge in [0.25, 0.3) is 5.79 Å². The molecule has 0 spiro atoms. The molecular formula is C15H19ClO6. The lowest BCUT2D eigenvalue weighted by Gasteiger charge is -2.33. The van der Waals surface area contributed by atoms with Gasteiger partial charge in [0.1, 0.15) is 5.76 Å². The molecular weight excluding hydrogens is 312 g/mol. The number of hydrogen-bond donors (Lipinski definition) is 0. The number of cyclic esters (lactones) is 2. The van der Waals surface area contributed by atoms with E-state index >= 15 is 0 Å². The Morgan fingerprint density at radius 1 is 1.14 bits per heavy atom. The van der Waals surface area contributed by atoms with E-state index in [1.165, 1.54) is 21.0 Å². The van der Waals surface area contributed by atoms with Crippen LogP contribution in [0.2, 0.25) is 0 Å². The van der Waals surface area contributed by atoms with Gasteiger partial charge in [0.15, 0.2) is 11.7 Å². The predicted octanol–water partition coefficient (Wildman–Crippen LogP) is 2.62. The van der Waals surface area contributed by atoms with Gasteiger partial charge in [-0.25, -0.2) is 0 Å². The summed E-state index contributed by atoms with van der Waals surface area (Å²) in [7, 11) is 3.03. The Hall–Kier alpha value is -1.69. The van der Waals surface area contributed by atoms with Gasteiger partial charge in [-0.1, -0.05) is 11.6 Å². The van der Waals surface area contributed by atoms with Crippen molar-refractivity contribution in [2.24, 2.45) is 5.92 Å². The van der Waals surface area contributed by atoms with Crippen LogP contribution in [0, 0.1) is 5.92 Å². The summed E-state index contributed by atoms with van der Waals surface area (Å²) in [5, 5.41) is 0.371. The zero-order chi connectivity index (χ0) is 16.5. The van der Waals surface area contributed by atoms with E-state index in [0.29, 0.717) is 29.4 Å². The van der Waals surface area contributed by atoms with Crippen LogP contribution in [-0.4, -0.2) is 31.9 Å². The van der Waals surface area contributed by atoms with Crippen molar-refractivity contribution < 1.29 is 28.5 Å². The summed E-state index contributed by atoms with van der Waals surface area (Å²) in [6, 6.07) is 0. The molecule has 1 aliphatic heterocycles. The zero-order valence-electron chi connectivity index (χ0n) is 13.0. The summed E-state index contributed by atoms with van der Waals surface area (Å²) in [5.74, 6) is -2.35. The largest absolute Gasteiger partial charge is 0.497 e. The van der Waals surface area contributed by atoms with Gasteiger partial charge in [-0.05, 0) is 18.4 Å². The summed E-state index contributed by atoms with van der Waals surface area (Å²) >= 11 is 6.31. The average molecular weight is 331 g/mol. The minimum atomic E-state index is -1.23. The molecule has 1 heterocycles. The molecule has 122 valence electrons. The highest BCUT2D eigenvalue weighted by atomic mass is 35.5. The quantitative estimate of drug-likeness (QED) is 0.583. The van der Waals surface area contributed by atoms with E-state index in [-0.39, 0.29) is 6.42 Å². The highest BCUT2D eigenvalue weighted by Crippen LogP contribution is 2.38. The molecule has 0 N–H and O–H groups in total. The van der Waals surface area contributed by atoms with Gasteiger partial charge in [-0.3, -0.25) is 9.59 Å². The highest BCUT2D eigenvalue weighted by molar-refractivity contribution is 6.32. The molecule has 6 nitrogen and oxygen atoms in total. The van der Waals surface area contributed by atoms with Crippen molar-refractivity contribution in [2.75, 3.05) is 14.2 Å². The molecule has 1 fully saturated rings. The van der Waals surface area contributed by atoms with Gasteiger partial charge in [-0.2, -0.15) is 0 Å². The molecule has 0 atom stereocenters. The van der Waals surface area contributed by atoms with Crippen LogP contribution in [0.25, 0.3) is 0 Å². The van der Waals surface area contributed by atoms with Crippen LogP contribution in [0.15, 0.2) is 22.1 Å². The number of carbonyl (C=O) groups excluding carboxylic acids is 2. The van der Waals surface area contributed by atoms with Crippen LogP contribution < -0.4 is 0 Å². The number of allylic oxidation sites excluding steroid dienone is 3. The van der Waals surface area contributed by atoms with Gasteiger partial charge in [0, 0.05) is 20.3 Å². The standard InChI is InChI=1S/C15H19ClO6/c1-15(2)21-13(17)9(14(18)22-15)7-8-5-6-10(19-3)12(20-4)11(8)16/h9H,5-7H2,1-4H3. The fraction of sp³-hybridized carbons (Fsp3) is 0.600. The maximum absolute atomic E-state index is 12.0. The third kappa shape index (κ3) is 3.21. The van der Waals surface area contributed by atoms with Crippen LogP contribution in [0.5, 0.6) is 0 Å². The molecule has 2 rings (SSSR count). The third-order valence-electron chi connectivity index (χ3n) is 3.58. The smallest absolute Gasteiger partial charge is 0.323 e. The van der Waals surface area contributed by atoms with E-state index in [1.807, 2.05) is 0 Å². The molecule has 7 heteroatoms. The second kappa shape index (κ2) is 6.20. The van der Waals surface area contributed by atoms with Gasteiger partial charge in [0.2, 0.25) is 0 Å². The lowest BCUT2D eigenvalue weighted by Crippen LogP contribution is -2.46. The van der Waals surface area contributed by atoms with Crippen LogP contribution >= 0.6 is 11.6 Å². The highest BCUT2D eigenvalue weighted by Gasteiger charge is 2.44. The van der Waals surface area contributed by atoms with E-state index in [0.717, 1.165) is 5.57 Å². The molecule has 22 heavy (non-hydrogen) atoms. The minimum Gasteiger partial charge on any atom is -0.497 e. The van der Waals surface area contributed by atoms with Crippen molar-refractivity contribution in [3.05, 3.63) is 22.1 Å². The van der Waals surface area contributed by atoms with Gasteiger partial charge in [-0.15, -0.1) is 0 Å². The Bertz CT molecular complexity index is 540. The monoisotopic (exact) mass is 330 g/mol. The number of ether oxygens (including phenoxy) is 4. The molecule has 2 aliphatic rings. The maximum Gasteiger partial charge on any atom is 0.323 e. The fourth-order valence-corrected chi connectivity index (χ4v) is 2.87. The Labute approximate surface area is 134 Å². The molecule has 0 amide bonds. The molecule has 0 radical (unpaired) electrons. The number of esters is 2. The fourth-order valence-electron chi connectivity index (χ4n) is 2.52. The van der Waals surface area contributed by atoms with Crippen molar-refractivity contribution in [3.8, 4) is 0 Å². The van der Waals surface area contributed by atoms with E-state index in [1.54, 1.807) is 7.11 Å². The number of halogens is 1. The first kappa shape index (κ1) is 16.7. The van der Waals surface area contributed by atoms with Crippen molar-refractivity contribution in [1.82, 2.24) is 0 Å². The minimum absolute atomic E-state index is 0.149. The first-order chi connectivity index (χ1) is 10.3. The van der Waals surface area contributed by atoms with Gasteiger partial charge >= 0.3 is 11.9 Å². The molecule has 0 aromatic heterocycles. The first-order valence-electron chi connectivity index (χ1n) is 6.93. The lowest BCUT2D eigenvalue weighted by atomic mass is 9.91. The summed E-state index contributed by atoms with van der Waals surface area (Å²) in [6.45, 7) is 3.03. The second-order valence-electron chi connectivity index (χ2n) is 5.58. The van der Waals surface area contributed by atoms with Crippen LogP contribution in [0.4, 0.5) is 0 Å². The number of methoxy groups -OCH3 is 2. The molecule has 1 saturated heterocycles. The van der Waals surface area contributed by atoms with Gasteiger partial charge in [0.05, 0.1) is 19.3 Å². The van der Waals surface area contributed by atoms with Crippen molar-refractivity contribution in [3.63, 3.8) is 0 Å². The summed E-state index contributed by atoms with van der Waals surface area (Å²) in [6.07, 6.45) is 1.32. The lowest BCUT2D eigenvalue weighted by molar-refractivity contribution is -0.239. The van der Waals surface area contributed by atoms with Crippen LogP contribution in [0.1, 0.15) is 33.1 Å². The van der Waals surface area contributed by atoms with E-state index < -0.39 is 23.6 Å². The number of rotatable bonds is 4.